The van der Waals surface area contributed by atoms with Crippen LogP contribution in [-0.4, -0.2) is 68.4 Å². The van der Waals surface area contributed by atoms with E-state index < -0.39 is 35.8 Å². The lowest BCUT2D eigenvalue weighted by atomic mass is 9.95. The number of aliphatic hydroxyl groups is 3. The van der Waals surface area contributed by atoms with Crippen LogP contribution in [0.15, 0.2) is 0 Å². The molecule has 0 saturated carbocycles. The number of hydrogen-bond donors (Lipinski definition) is 3. The van der Waals surface area contributed by atoms with Crippen molar-refractivity contribution in [3.63, 3.8) is 0 Å². The number of unbranched alkanes of at least 4 members (excludes halogenated alkanes) is 5. The first-order valence-electron chi connectivity index (χ1n) is 8.18. The molecule has 2 heterocycles. The van der Waals surface area contributed by atoms with E-state index in [1.165, 1.54) is 42.3 Å². The van der Waals surface area contributed by atoms with Crippen LogP contribution in [0.4, 0.5) is 4.79 Å². The summed E-state index contributed by atoms with van der Waals surface area (Å²) in [5.74, 6) is 0.813. The number of rotatable bonds is 8. The Labute approximate surface area is 135 Å². The first-order valence-corrected chi connectivity index (χ1v) is 9.23. The average Bonchev–Trinajstić information content (AvgIpc) is 2.89. The highest BCUT2D eigenvalue weighted by atomic mass is 32.2. The van der Waals surface area contributed by atoms with Crippen molar-refractivity contribution in [2.45, 2.75) is 75.2 Å². The molecule has 0 aliphatic carbocycles. The minimum atomic E-state index is -1.24. The highest BCUT2D eigenvalue weighted by molar-refractivity contribution is 7.99. The molecule has 2 rings (SSSR count). The van der Waals surface area contributed by atoms with Gasteiger partial charge in [0, 0.05) is 0 Å². The van der Waals surface area contributed by atoms with E-state index in [0.717, 1.165) is 18.6 Å². The Hall–Kier alpha value is -0.500. The van der Waals surface area contributed by atoms with Gasteiger partial charge in [0.1, 0.15) is 30.3 Å². The van der Waals surface area contributed by atoms with Crippen molar-refractivity contribution in [1.29, 1.82) is 0 Å². The van der Waals surface area contributed by atoms with Gasteiger partial charge in [0.15, 0.2) is 0 Å². The van der Waals surface area contributed by atoms with Crippen LogP contribution in [0.25, 0.3) is 0 Å². The number of ether oxygens (including phenoxy) is 1. The van der Waals surface area contributed by atoms with Crippen molar-refractivity contribution in [2.75, 3.05) is 12.4 Å². The molecule has 2 aliphatic heterocycles. The van der Waals surface area contributed by atoms with Crippen molar-refractivity contribution in [2.24, 2.45) is 0 Å². The van der Waals surface area contributed by atoms with Gasteiger partial charge in [-0.2, -0.15) is 0 Å². The van der Waals surface area contributed by atoms with Gasteiger partial charge >= 0.3 is 6.09 Å². The minimum Gasteiger partial charge on any atom is -0.447 e. The van der Waals surface area contributed by atoms with Crippen LogP contribution in [0.1, 0.15) is 45.4 Å². The lowest BCUT2D eigenvalue weighted by Gasteiger charge is -2.43. The number of carbonyl (C=O) groups is 1. The van der Waals surface area contributed by atoms with E-state index >= 15 is 0 Å². The van der Waals surface area contributed by atoms with Crippen LogP contribution in [0.5, 0.6) is 0 Å². The molecule has 2 fully saturated rings. The summed E-state index contributed by atoms with van der Waals surface area (Å²) in [6.07, 6.45) is 3.03. The quantitative estimate of drug-likeness (QED) is 0.581. The van der Waals surface area contributed by atoms with E-state index in [-0.39, 0.29) is 6.61 Å². The van der Waals surface area contributed by atoms with Crippen LogP contribution in [0.2, 0.25) is 0 Å². The van der Waals surface area contributed by atoms with Crippen LogP contribution in [0.3, 0.4) is 0 Å². The van der Waals surface area contributed by atoms with Gasteiger partial charge in [-0.15, -0.1) is 11.8 Å². The zero-order chi connectivity index (χ0) is 16.1. The number of thioether (sulfide) groups is 1. The second kappa shape index (κ2) is 8.38. The van der Waals surface area contributed by atoms with Gasteiger partial charge < -0.3 is 20.1 Å². The van der Waals surface area contributed by atoms with Crippen molar-refractivity contribution in [1.82, 2.24) is 4.90 Å². The molecule has 1 unspecified atom stereocenters. The minimum absolute atomic E-state index is 0.0673. The Balaban J connectivity index is 1.81. The summed E-state index contributed by atoms with van der Waals surface area (Å²) >= 11 is 1.46. The maximum Gasteiger partial charge on any atom is 0.411 e. The van der Waals surface area contributed by atoms with Crippen LogP contribution in [0, 0.1) is 0 Å². The molecule has 6 nitrogen and oxygen atoms in total. The lowest BCUT2D eigenvalue weighted by Crippen LogP contribution is -2.64. The molecule has 2 saturated heterocycles. The molecule has 22 heavy (non-hydrogen) atoms. The smallest absolute Gasteiger partial charge is 0.411 e. The van der Waals surface area contributed by atoms with E-state index in [9.17, 15) is 20.1 Å². The maximum atomic E-state index is 11.8. The molecular weight excluding hydrogens is 306 g/mol. The Kier molecular flexibility index (Phi) is 6.80. The van der Waals surface area contributed by atoms with E-state index in [4.69, 9.17) is 4.74 Å². The highest BCUT2D eigenvalue weighted by Crippen LogP contribution is 2.35. The molecule has 0 aromatic heterocycles. The third-order valence-corrected chi connectivity index (χ3v) is 5.76. The Morgan fingerprint density at radius 3 is 2.50 bits per heavy atom. The van der Waals surface area contributed by atoms with Gasteiger partial charge in [-0.1, -0.05) is 39.0 Å². The normalized spacial score (nSPS) is 34.6. The number of cyclic esters (lactones) is 1. The summed E-state index contributed by atoms with van der Waals surface area (Å²) in [6.45, 7) is 2.25. The predicted molar refractivity (Wildman–Crippen MR) is 84.6 cm³/mol. The second-order valence-electron chi connectivity index (χ2n) is 6.05. The number of aliphatic hydroxyl groups excluding tert-OH is 3. The summed E-state index contributed by atoms with van der Waals surface area (Å²) in [7, 11) is 0. The number of piperidine rings is 1. The standard InChI is InChI=1S/C15H27NO5S/c1-2-3-4-5-6-7-8-22-14-13(19)12(18)11(17)10-9-21-15(20)16(10)14/h10-14,17-19H,2-9H2,1H3/t10?,11-,12+,13-,14-/m1/s1. The van der Waals surface area contributed by atoms with E-state index in [0.29, 0.717) is 0 Å². The molecule has 1 amide bonds. The zero-order valence-electron chi connectivity index (χ0n) is 13.1. The van der Waals surface area contributed by atoms with Crippen LogP contribution < -0.4 is 0 Å². The van der Waals surface area contributed by atoms with Gasteiger partial charge in [-0.05, 0) is 12.2 Å². The van der Waals surface area contributed by atoms with E-state index in [1.54, 1.807) is 0 Å². The summed E-state index contributed by atoms with van der Waals surface area (Å²) < 4.78 is 4.96. The molecule has 0 bridgehead atoms. The predicted octanol–water partition coefficient (Wildman–Crippen LogP) is 1.32. The van der Waals surface area contributed by atoms with Crippen molar-refractivity contribution < 1.29 is 24.9 Å². The first-order chi connectivity index (χ1) is 10.6. The van der Waals surface area contributed by atoms with E-state index in [2.05, 4.69) is 6.92 Å². The fourth-order valence-electron chi connectivity index (χ4n) is 3.03. The van der Waals surface area contributed by atoms with E-state index in [1.807, 2.05) is 0 Å². The lowest BCUT2D eigenvalue weighted by molar-refractivity contribution is -0.124. The molecule has 128 valence electrons. The van der Waals surface area contributed by atoms with Gasteiger partial charge in [0.25, 0.3) is 0 Å². The molecule has 0 aromatic rings. The van der Waals surface area contributed by atoms with Crippen LogP contribution in [-0.2, 0) is 4.74 Å². The van der Waals surface area contributed by atoms with Gasteiger partial charge in [0.2, 0.25) is 0 Å². The first kappa shape index (κ1) is 17.8. The van der Waals surface area contributed by atoms with Gasteiger partial charge in [0.05, 0.1) is 6.04 Å². The molecule has 0 radical (unpaired) electrons. The molecule has 5 atom stereocenters. The summed E-state index contributed by atoms with van der Waals surface area (Å²) in [4.78, 5) is 13.2. The summed E-state index contributed by atoms with van der Waals surface area (Å²) in [5.41, 5.74) is 0. The summed E-state index contributed by atoms with van der Waals surface area (Å²) in [5, 5.41) is 29.5. The van der Waals surface area contributed by atoms with Crippen molar-refractivity contribution in [3.8, 4) is 0 Å². The fraction of sp³-hybridized carbons (Fsp3) is 0.933. The summed E-state index contributed by atoms with van der Waals surface area (Å²) in [6, 6.07) is -0.562. The number of nitrogens with zero attached hydrogens (tertiary/aromatic N) is 1. The molecule has 0 aromatic carbocycles. The van der Waals surface area contributed by atoms with Gasteiger partial charge in [-0.3, -0.25) is 4.90 Å². The largest absolute Gasteiger partial charge is 0.447 e. The zero-order valence-corrected chi connectivity index (χ0v) is 13.9. The maximum absolute atomic E-state index is 11.8. The Morgan fingerprint density at radius 2 is 1.77 bits per heavy atom. The topological polar surface area (TPSA) is 90.2 Å². The molecule has 7 heteroatoms. The number of hydrogen-bond acceptors (Lipinski definition) is 6. The third kappa shape index (κ3) is 3.88. The third-order valence-electron chi connectivity index (χ3n) is 4.39. The highest BCUT2D eigenvalue weighted by Gasteiger charge is 2.53. The Morgan fingerprint density at radius 1 is 1.09 bits per heavy atom. The van der Waals surface area contributed by atoms with Crippen molar-refractivity contribution in [3.05, 3.63) is 0 Å². The second-order valence-corrected chi connectivity index (χ2v) is 7.28. The Bertz CT molecular complexity index is 370. The fourth-order valence-corrected chi connectivity index (χ4v) is 4.40. The van der Waals surface area contributed by atoms with Crippen molar-refractivity contribution >= 4 is 17.9 Å². The number of amides is 1. The molecule has 0 spiro atoms. The molecule has 2 aliphatic rings. The number of fused-ring (bicyclic) bond motifs is 1. The molecule has 3 N–H and O–H groups in total. The number of carbonyl (C=O) groups excluding carboxylic acids is 1. The average molecular weight is 333 g/mol. The SMILES string of the molecule is CCCCCCCCS[C@@H]1[C@H](O)[C@@H](O)[C@H](O)C2COC(=O)N21. The van der Waals surface area contributed by atoms with Crippen LogP contribution >= 0.6 is 11.8 Å². The molecular formula is C15H27NO5S. The van der Waals surface area contributed by atoms with Gasteiger partial charge in [-0.25, -0.2) is 4.79 Å². The monoisotopic (exact) mass is 333 g/mol.